The maximum atomic E-state index is 12.9. The van der Waals surface area contributed by atoms with Gasteiger partial charge in [-0.05, 0) is 18.9 Å². The molecule has 1 aromatic rings. The van der Waals surface area contributed by atoms with E-state index in [0.717, 1.165) is 0 Å². The van der Waals surface area contributed by atoms with Crippen LogP contribution in [0.4, 0.5) is 4.79 Å². The molecule has 1 unspecified atom stereocenters. The van der Waals surface area contributed by atoms with Gasteiger partial charge in [0.1, 0.15) is 5.70 Å². The van der Waals surface area contributed by atoms with Gasteiger partial charge in [0.05, 0.1) is 6.04 Å². The maximum Gasteiger partial charge on any atom is 0.324 e. The van der Waals surface area contributed by atoms with E-state index in [2.05, 4.69) is 17.1 Å². The molecule has 1 heterocycles. The quantitative estimate of drug-likeness (QED) is 0.409. The lowest BCUT2D eigenvalue weighted by Gasteiger charge is -2.42. The summed E-state index contributed by atoms with van der Waals surface area (Å²) in [5, 5.41) is 0. The molecule has 8 heteroatoms. The van der Waals surface area contributed by atoms with Gasteiger partial charge in [-0.15, -0.1) is 0 Å². The van der Waals surface area contributed by atoms with E-state index < -0.39 is 0 Å². The molecule has 1 saturated heterocycles. The van der Waals surface area contributed by atoms with Crippen LogP contribution in [0.1, 0.15) is 24.8 Å². The van der Waals surface area contributed by atoms with Crippen LogP contribution in [0.15, 0.2) is 47.2 Å². The van der Waals surface area contributed by atoms with Crippen molar-refractivity contribution in [1.29, 1.82) is 0 Å². The molecule has 29 heavy (non-hydrogen) atoms. The first kappa shape index (κ1) is 22.4. The number of urea groups is 1. The van der Waals surface area contributed by atoms with E-state index in [0.29, 0.717) is 50.0 Å². The Kier molecular flexibility index (Phi) is 8.21. The molecule has 2 N–H and O–H groups in total. The molecule has 1 aliphatic rings. The number of ether oxygens (including phenoxy) is 1. The number of rotatable bonds is 8. The number of hydrogen-bond donors (Lipinski definition) is 1. The van der Waals surface area contributed by atoms with Crippen molar-refractivity contribution in [3.8, 4) is 0 Å². The second-order valence-corrected chi connectivity index (χ2v) is 7.21. The van der Waals surface area contributed by atoms with Crippen molar-refractivity contribution in [3.05, 3.63) is 47.8 Å². The number of benzene rings is 1. The number of aliphatic imine (C=N–C) groups is 1. The van der Waals surface area contributed by atoms with E-state index in [1.165, 1.54) is 21.6 Å². The number of carbonyl (C=O) groups excluding carboxylic acids is 2. The number of nitrogens with zero attached hydrogens (tertiary/aromatic N) is 4. The molecule has 1 atom stereocenters. The van der Waals surface area contributed by atoms with Gasteiger partial charge in [0.25, 0.3) is 0 Å². The summed E-state index contributed by atoms with van der Waals surface area (Å²) < 4.78 is 5.09. The topological polar surface area (TPSA) is 91.5 Å². The lowest BCUT2D eigenvalue weighted by Crippen LogP contribution is -2.53. The van der Waals surface area contributed by atoms with Gasteiger partial charge in [0.15, 0.2) is 5.84 Å². The van der Waals surface area contributed by atoms with Crippen molar-refractivity contribution < 1.29 is 14.3 Å². The maximum absolute atomic E-state index is 12.9. The zero-order chi connectivity index (χ0) is 21.4. The number of carbonyl (C=O) groups is 2. The second-order valence-electron chi connectivity index (χ2n) is 7.21. The normalized spacial score (nSPS) is 16.2. The number of hydrogen-bond acceptors (Lipinski definition) is 5. The van der Waals surface area contributed by atoms with Crippen molar-refractivity contribution in [2.75, 3.05) is 40.9 Å². The van der Waals surface area contributed by atoms with E-state index in [1.807, 2.05) is 25.1 Å². The molecular formula is C21H31N5O3. The van der Waals surface area contributed by atoms with Gasteiger partial charge < -0.3 is 20.3 Å². The van der Waals surface area contributed by atoms with Gasteiger partial charge in [-0.1, -0.05) is 30.3 Å². The SMILES string of the molecule is COCCC(C)N=C(/C(=C\N)N(C)C(=O)N1CC(c2ccccc2)C1)N(C)C=O. The summed E-state index contributed by atoms with van der Waals surface area (Å²) in [6.45, 7) is 3.76. The van der Waals surface area contributed by atoms with Crippen LogP contribution in [-0.4, -0.2) is 79.9 Å². The molecule has 1 aliphatic heterocycles. The Morgan fingerprint density at radius 1 is 1.34 bits per heavy atom. The molecule has 0 saturated carbocycles. The summed E-state index contributed by atoms with van der Waals surface area (Å²) in [4.78, 5) is 33.5. The molecular weight excluding hydrogens is 370 g/mol. The Balaban J connectivity index is 2.10. The summed E-state index contributed by atoms with van der Waals surface area (Å²) in [5.41, 5.74) is 7.45. The van der Waals surface area contributed by atoms with Crippen LogP contribution in [-0.2, 0) is 9.53 Å². The molecule has 0 aromatic heterocycles. The zero-order valence-electron chi connectivity index (χ0n) is 17.6. The summed E-state index contributed by atoms with van der Waals surface area (Å²) in [6.07, 6.45) is 2.65. The third-order valence-electron chi connectivity index (χ3n) is 5.03. The highest BCUT2D eigenvalue weighted by atomic mass is 16.5. The Labute approximate surface area is 172 Å². The Morgan fingerprint density at radius 2 is 2.00 bits per heavy atom. The second kappa shape index (κ2) is 10.6. The van der Waals surface area contributed by atoms with Crippen LogP contribution >= 0.6 is 0 Å². The largest absolute Gasteiger partial charge is 0.403 e. The molecule has 0 radical (unpaired) electrons. The van der Waals surface area contributed by atoms with Crippen LogP contribution < -0.4 is 5.73 Å². The van der Waals surface area contributed by atoms with Crippen LogP contribution in [0.2, 0.25) is 0 Å². The fourth-order valence-corrected chi connectivity index (χ4v) is 3.17. The molecule has 0 bridgehead atoms. The fourth-order valence-electron chi connectivity index (χ4n) is 3.17. The number of likely N-dealkylation sites (N-methyl/N-ethyl adjacent to an activating group) is 2. The van der Waals surface area contributed by atoms with Gasteiger partial charge in [-0.3, -0.25) is 14.7 Å². The average molecular weight is 402 g/mol. The van der Waals surface area contributed by atoms with E-state index in [-0.39, 0.29) is 12.1 Å². The Hall–Kier alpha value is -2.87. The van der Waals surface area contributed by atoms with Crippen LogP contribution in [0.25, 0.3) is 0 Å². The van der Waals surface area contributed by atoms with E-state index in [1.54, 1.807) is 26.1 Å². The highest BCUT2D eigenvalue weighted by molar-refractivity contribution is 6.05. The van der Waals surface area contributed by atoms with Crippen LogP contribution in [0, 0.1) is 0 Å². The lowest BCUT2D eigenvalue weighted by atomic mass is 9.92. The molecule has 3 amide bonds. The first-order valence-electron chi connectivity index (χ1n) is 9.67. The van der Waals surface area contributed by atoms with Crippen molar-refractivity contribution in [1.82, 2.24) is 14.7 Å². The summed E-state index contributed by atoms with van der Waals surface area (Å²) >= 11 is 0. The van der Waals surface area contributed by atoms with Gasteiger partial charge in [0, 0.05) is 53.0 Å². The third kappa shape index (κ3) is 5.57. The summed E-state index contributed by atoms with van der Waals surface area (Å²) in [6, 6.07) is 9.87. The number of nitrogens with two attached hydrogens (primary N) is 1. The average Bonchev–Trinajstić information content (AvgIpc) is 2.70. The lowest BCUT2D eigenvalue weighted by molar-refractivity contribution is -0.114. The van der Waals surface area contributed by atoms with Gasteiger partial charge >= 0.3 is 6.03 Å². The monoisotopic (exact) mass is 401 g/mol. The van der Waals surface area contributed by atoms with Gasteiger partial charge in [0.2, 0.25) is 6.41 Å². The van der Waals surface area contributed by atoms with Crippen LogP contribution in [0.5, 0.6) is 0 Å². The predicted octanol–water partition coefficient (Wildman–Crippen LogP) is 1.85. The fraction of sp³-hybridized carbons (Fsp3) is 0.476. The number of likely N-dealkylation sites (tertiary alicyclic amines) is 1. The summed E-state index contributed by atoms with van der Waals surface area (Å²) in [5.74, 6) is 0.681. The molecule has 158 valence electrons. The first-order chi connectivity index (χ1) is 13.9. The van der Waals surface area contributed by atoms with Crippen LogP contribution in [0.3, 0.4) is 0 Å². The van der Waals surface area contributed by atoms with Crippen molar-refractivity contribution in [3.63, 3.8) is 0 Å². The molecule has 8 nitrogen and oxygen atoms in total. The highest BCUT2D eigenvalue weighted by Gasteiger charge is 2.35. The molecule has 1 aromatic carbocycles. The van der Waals surface area contributed by atoms with Gasteiger partial charge in [-0.2, -0.15) is 0 Å². The highest BCUT2D eigenvalue weighted by Crippen LogP contribution is 2.28. The molecule has 0 aliphatic carbocycles. The minimum Gasteiger partial charge on any atom is -0.403 e. The third-order valence-corrected chi connectivity index (χ3v) is 5.03. The van der Waals surface area contributed by atoms with Gasteiger partial charge in [-0.25, -0.2) is 4.79 Å². The van der Waals surface area contributed by atoms with Crippen molar-refractivity contribution >= 4 is 18.3 Å². The zero-order valence-corrected chi connectivity index (χ0v) is 17.6. The molecule has 0 spiro atoms. The van der Waals surface area contributed by atoms with Crippen molar-refractivity contribution in [2.24, 2.45) is 10.7 Å². The van der Waals surface area contributed by atoms with E-state index in [4.69, 9.17) is 10.5 Å². The predicted molar refractivity (Wildman–Crippen MR) is 113 cm³/mol. The Bertz CT molecular complexity index is 744. The van der Waals surface area contributed by atoms with E-state index >= 15 is 0 Å². The minimum atomic E-state index is -0.176. The number of amides is 3. The van der Waals surface area contributed by atoms with E-state index in [9.17, 15) is 9.59 Å². The minimum absolute atomic E-state index is 0.0997. The Morgan fingerprint density at radius 3 is 2.55 bits per heavy atom. The molecule has 2 rings (SSSR count). The molecule has 1 fully saturated rings. The smallest absolute Gasteiger partial charge is 0.324 e. The number of methoxy groups -OCH3 is 1. The number of amidine groups is 1. The van der Waals surface area contributed by atoms with Crippen molar-refractivity contribution in [2.45, 2.75) is 25.3 Å². The standard InChI is InChI=1S/C21H31N5O3/c1-16(10-11-29-4)23-20(24(2)15-27)19(12-22)25(3)21(28)26-13-18(14-26)17-8-6-5-7-9-17/h5-9,12,15-16,18H,10-11,13-14,22H2,1-4H3/b19-12+,23-20?. The first-order valence-corrected chi connectivity index (χ1v) is 9.67. The summed E-state index contributed by atoms with van der Waals surface area (Å²) in [7, 11) is 4.86.